The second kappa shape index (κ2) is 30.6. The van der Waals surface area contributed by atoms with Crippen LogP contribution >= 0.6 is 11.8 Å². The minimum Gasteiger partial charge on any atom is -0.467 e. The van der Waals surface area contributed by atoms with E-state index < -0.39 is 21.1 Å². The van der Waals surface area contributed by atoms with Gasteiger partial charge in [0.15, 0.2) is 9.84 Å². The zero-order valence-corrected chi connectivity index (χ0v) is 53.3. The van der Waals surface area contributed by atoms with Crippen molar-refractivity contribution in [1.82, 2.24) is 40.9 Å². The Hall–Kier alpha value is -4.86. The van der Waals surface area contributed by atoms with Crippen molar-refractivity contribution in [1.29, 1.82) is 0 Å². The highest BCUT2D eigenvalue weighted by Gasteiger charge is 2.42. The lowest BCUT2D eigenvalue weighted by molar-refractivity contribution is -0.135. The Morgan fingerprint density at radius 1 is 0.465 bits per heavy atom. The highest BCUT2D eigenvalue weighted by molar-refractivity contribution is 7.99. The fourth-order valence-corrected chi connectivity index (χ4v) is 18.6. The molecule has 20 heteroatoms. The summed E-state index contributed by atoms with van der Waals surface area (Å²) in [4.78, 5) is 59.1. The molecule has 2 saturated heterocycles. The van der Waals surface area contributed by atoms with Crippen molar-refractivity contribution in [2.45, 2.75) is 176 Å². The molecule has 5 fully saturated rings. The van der Waals surface area contributed by atoms with Crippen LogP contribution in [0.3, 0.4) is 0 Å². The summed E-state index contributed by atoms with van der Waals surface area (Å²) in [6.45, 7) is 6.03. The van der Waals surface area contributed by atoms with Gasteiger partial charge in [-0.3, -0.25) is 19.2 Å². The summed E-state index contributed by atoms with van der Waals surface area (Å²) in [5.74, 6) is 8.20. The van der Waals surface area contributed by atoms with Crippen LogP contribution in [0, 0.1) is 23.7 Å². The Morgan fingerprint density at radius 3 is 1.36 bits per heavy atom. The average molecular weight is 1230 g/mol. The van der Waals surface area contributed by atoms with Gasteiger partial charge in [0.05, 0.1) is 36.1 Å². The van der Waals surface area contributed by atoms with Crippen molar-refractivity contribution in [2.75, 3.05) is 92.1 Å². The van der Waals surface area contributed by atoms with Gasteiger partial charge in [0.2, 0.25) is 23.6 Å². The number of sulfone groups is 1. The molecule has 4 N–H and O–H groups in total. The Morgan fingerprint density at radius 2 is 0.895 bits per heavy atom. The third-order valence-electron chi connectivity index (χ3n) is 20.3. The first-order chi connectivity index (χ1) is 41.9. The van der Waals surface area contributed by atoms with E-state index in [0.717, 1.165) is 112 Å². The van der Waals surface area contributed by atoms with E-state index in [2.05, 4.69) is 31.1 Å². The van der Waals surface area contributed by atoms with Crippen molar-refractivity contribution in [2.24, 2.45) is 23.7 Å². The molecule has 9 atom stereocenters. The van der Waals surface area contributed by atoms with E-state index >= 15 is 0 Å². The van der Waals surface area contributed by atoms with Crippen molar-refractivity contribution in [3.8, 4) is 0 Å². The minimum absolute atomic E-state index is 0.100. The monoisotopic (exact) mass is 1230 g/mol. The number of carbonyl (C=O) groups is 4. The Bertz CT molecular complexity index is 2850. The number of hydrogen-bond acceptors (Lipinski definition) is 15. The Balaban J connectivity index is 0.000000127. The average Bonchev–Trinajstić information content (AvgIpc) is 3.38. The van der Waals surface area contributed by atoms with Crippen LogP contribution in [0.2, 0.25) is 0 Å². The van der Waals surface area contributed by atoms with Gasteiger partial charge in [-0.05, 0) is 181 Å². The number of amides is 4. The Kier molecular flexibility index (Phi) is 22.8. The molecule has 10 heterocycles. The molecule has 0 radical (unpaired) electrons. The molecule has 6 aliphatic heterocycles. The summed E-state index contributed by atoms with van der Waals surface area (Å²) in [5.41, 5.74) is 4.53. The topological polar surface area (TPSA) is 216 Å². The summed E-state index contributed by atoms with van der Waals surface area (Å²) in [6, 6.07) is 6.41. The maximum absolute atomic E-state index is 12.9. The first-order valence-corrected chi connectivity index (χ1v) is 35.6. The molecule has 0 aromatic carbocycles. The van der Waals surface area contributed by atoms with Crippen molar-refractivity contribution in [3.63, 3.8) is 0 Å². The van der Waals surface area contributed by atoms with Crippen LogP contribution in [0.4, 0.5) is 0 Å². The number of carbonyl (C=O) groups excluding carboxylic acids is 4. The quantitative estimate of drug-likeness (QED) is 0.0973. The zero-order valence-electron chi connectivity index (χ0n) is 51.7. The van der Waals surface area contributed by atoms with Crippen LogP contribution in [0.1, 0.15) is 185 Å². The largest absolute Gasteiger partial charge is 0.467 e. The van der Waals surface area contributed by atoms with E-state index in [4.69, 9.17) is 17.7 Å². The molecule has 3 aliphatic carbocycles. The lowest BCUT2D eigenvalue weighted by Gasteiger charge is -2.30. The number of rotatable bonds is 12. The van der Waals surface area contributed by atoms with Crippen LogP contribution in [0.5, 0.6) is 0 Å². The molecule has 3 saturated carbocycles. The number of likely N-dealkylation sites (N-methyl/N-ethyl adjacent to an activating group) is 4. The first kappa shape index (κ1) is 64.1. The number of thioether (sulfide) groups is 1. The highest BCUT2D eigenvalue weighted by Crippen LogP contribution is 2.46. The third kappa shape index (κ3) is 15.4. The van der Waals surface area contributed by atoms with Crippen LogP contribution in [-0.4, -0.2) is 154 Å². The van der Waals surface area contributed by atoms with Crippen LogP contribution in [-0.2, 0) is 54.7 Å². The van der Waals surface area contributed by atoms with Gasteiger partial charge in [0.1, 0.15) is 47.2 Å². The van der Waals surface area contributed by atoms with Gasteiger partial charge in [-0.15, -0.1) is 0 Å². The normalized spacial score (nSPS) is 28.7. The SMILES string of the molecule is CNC1C(=O)N(CC2CC3CCCC2C3)CCc2ccoc21.CNC1C(=O)N(CC2CCCCCC2)CCc2ccoc21.CNC1C(=O)N(CC2CCCCCS2)CCc2ccoc21.CNC1C(=O)N(CC2CCCCS2(=O)=O)CCc2ccoc21. The van der Waals surface area contributed by atoms with Gasteiger partial charge in [-0.1, -0.05) is 64.2 Å². The van der Waals surface area contributed by atoms with E-state index in [0.29, 0.717) is 42.9 Å². The summed E-state index contributed by atoms with van der Waals surface area (Å²) >= 11 is 2.04. The summed E-state index contributed by atoms with van der Waals surface area (Å²) in [6.07, 6.45) is 32.5. The van der Waals surface area contributed by atoms with Crippen LogP contribution in [0.15, 0.2) is 67.0 Å². The van der Waals surface area contributed by atoms with Gasteiger partial charge >= 0.3 is 0 Å². The van der Waals surface area contributed by atoms with Crippen molar-refractivity contribution >= 4 is 45.2 Å². The molecule has 4 aromatic rings. The second-order valence-electron chi connectivity index (χ2n) is 25.7. The molecule has 18 nitrogen and oxygen atoms in total. The standard InChI is InChI=1S/C18H26N2O2.C17H26N2O2.C16H24N2O2S.C15H22N2O4S/c1-19-16-17-13(6-8-22-17)5-7-20(18(16)21)11-15-10-12-3-2-4-14(15)9-12;1-18-15-16-14(9-11-21-16)8-10-19(17(15)20)12-13-6-4-2-3-5-7-13;1-17-14-15-12(7-9-20-15)6-8-18(16(14)19)11-13-5-3-2-4-10-21-13;1-16-13-14-11(6-8-21-14)5-7-17(15(13)18)10-12-4-2-3-9-22(12,19)20/h6,8,12,14-16,19H,2-5,7,9-11H2,1H3;9,11,13,15,18H,2-8,10,12H2,1H3;7,9,13-14,17H,2-6,8,10-11H2,1H3;6,8,12-13,16H,2-5,7,9-10H2,1H3. The smallest absolute Gasteiger partial charge is 0.247 e. The fourth-order valence-electron chi connectivity index (χ4n) is 15.4. The van der Waals surface area contributed by atoms with E-state index in [-0.39, 0.29) is 47.5 Å². The van der Waals surface area contributed by atoms with E-state index in [1.165, 1.54) is 119 Å². The summed E-state index contributed by atoms with van der Waals surface area (Å²) in [7, 11) is 4.16. The molecule has 474 valence electrons. The van der Waals surface area contributed by atoms with Gasteiger partial charge in [-0.2, -0.15) is 11.8 Å². The zero-order chi connectivity index (χ0) is 60.2. The highest BCUT2D eigenvalue weighted by atomic mass is 32.2. The van der Waals surface area contributed by atoms with Gasteiger partial charge < -0.3 is 58.5 Å². The minimum atomic E-state index is -3.07. The predicted octanol–water partition coefficient (Wildman–Crippen LogP) is 9.14. The van der Waals surface area contributed by atoms with E-state index in [9.17, 15) is 27.6 Å². The van der Waals surface area contributed by atoms with E-state index in [1.54, 1.807) is 37.0 Å². The predicted molar refractivity (Wildman–Crippen MR) is 334 cm³/mol. The van der Waals surface area contributed by atoms with E-state index in [1.807, 2.05) is 62.1 Å². The van der Waals surface area contributed by atoms with Crippen molar-refractivity contribution in [3.05, 3.63) is 94.6 Å². The molecule has 86 heavy (non-hydrogen) atoms. The number of nitrogens with zero attached hydrogens (tertiary/aromatic N) is 4. The number of nitrogens with one attached hydrogen (secondary N) is 4. The van der Waals surface area contributed by atoms with Gasteiger partial charge in [-0.25, -0.2) is 8.42 Å². The second-order valence-corrected chi connectivity index (χ2v) is 29.5. The molecule has 0 spiro atoms. The van der Waals surface area contributed by atoms with Gasteiger partial charge in [0, 0.05) is 57.6 Å². The molecule has 2 bridgehead atoms. The molecule has 4 amide bonds. The Labute approximate surface area is 515 Å². The molecular weight excluding hydrogens is 1130 g/mol. The summed E-state index contributed by atoms with van der Waals surface area (Å²) < 4.78 is 46.6. The number of furan rings is 4. The molecular formula is C66H98N8O10S2. The summed E-state index contributed by atoms with van der Waals surface area (Å²) in [5, 5.41) is 12.6. The molecule has 9 aliphatic rings. The molecule has 13 rings (SSSR count). The maximum Gasteiger partial charge on any atom is 0.247 e. The fraction of sp³-hybridized carbons (Fsp3) is 0.697. The van der Waals surface area contributed by atoms with Crippen LogP contribution in [0.25, 0.3) is 0 Å². The lowest BCUT2D eigenvalue weighted by atomic mass is 9.87. The molecule has 4 aromatic heterocycles. The van der Waals surface area contributed by atoms with Crippen LogP contribution < -0.4 is 21.3 Å². The third-order valence-corrected chi connectivity index (χ3v) is 23.9. The van der Waals surface area contributed by atoms with Crippen molar-refractivity contribution < 1.29 is 45.3 Å². The number of hydrogen-bond donors (Lipinski definition) is 4. The first-order valence-electron chi connectivity index (χ1n) is 32.8. The number of fused-ring (bicyclic) bond motifs is 6. The van der Waals surface area contributed by atoms with Gasteiger partial charge in [0.25, 0.3) is 0 Å². The maximum atomic E-state index is 12.9. The molecule has 9 unspecified atom stereocenters. The lowest BCUT2D eigenvalue weighted by Crippen LogP contribution is -2.46.